The Morgan fingerprint density at radius 1 is 1.07 bits per heavy atom. The highest BCUT2D eigenvalue weighted by Gasteiger charge is 2.21. The fourth-order valence-electron chi connectivity index (χ4n) is 3.15. The monoisotopic (exact) mass is 417 g/mol. The van der Waals surface area contributed by atoms with Crippen molar-refractivity contribution in [2.75, 3.05) is 11.5 Å². The number of hydrogen-bond donors (Lipinski definition) is 0. The molecule has 6 heteroatoms. The lowest BCUT2D eigenvalue weighted by molar-refractivity contribution is -0.120. The molecule has 0 atom stereocenters. The van der Waals surface area contributed by atoms with Crippen LogP contribution in [0, 0.1) is 20.8 Å². The number of benzene rings is 2. The van der Waals surface area contributed by atoms with Crippen molar-refractivity contribution in [1.29, 1.82) is 0 Å². The number of carbonyl (C=O) groups excluding carboxylic acids is 1. The summed E-state index contributed by atoms with van der Waals surface area (Å²) in [7, 11) is 0. The van der Waals surface area contributed by atoms with E-state index in [0.717, 1.165) is 21.3 Å². The van der Waals surface area contributed by atoms with Crippen molar-refractivity contribution in [3.05, 3.63) is 83.2 Å². The van der Waals surface area contributed by atoms with Crippen LogP contribution in [-0.4, -0.2) is 22.5 Å². The highest BCUT2D eigenvalue weighted by Crippen LogP contribution is 2.31. The van der Waals surface area contributed by atoms with E-state index in [9.17, 15) is 4.79 Å². The van der Waals surface area contributed by atoms with Gasteiger partial charge in [-0.2, -0.15) is 0 Å². The zero-order chi connectivity index (χ0) is 21.1. The number of carbonyl (C=O) groups is 1. The van der Waals surface area contributed by atoms with Gasteiger partial charge >= 0.3 is 0 Å². The van der Waals surface area contributed by atoms with E-state index < -0.39 is 0 Å². The van der Waals surface area contributed by atoms with Crippen molar-refractivity contribution >= 4 is 32.6 Å². The summed E-state index contributed by atoms with van der Waals surface area (Å²) < 4.78 is 6.84. The molecule has 0 N–H and O–H groups in total. The van der Waals surface area contributed by atoms with Crippen molar-refractivity contribution in [3.63, 3.8) is 0 Å². The van der Waals surface area contributed by atoms with Crippen LogP contribution in [-0.2, 0) is 11.3 Å². The molecule has 4 rings (SSSR count). The van der Waals surface area contributed by atoms with Crippen molar-refractivity contribution in [2.45, 2.75) is 27.3 Å². The fraction of sp³-hybridized carbons (Fsp3) is 0.208. The Morgan fingerprint density at radius 3 is 2.67 bits per heavy atom. The first-order valence-corrected chi connectivity index (χ1v) is 10.6. The molecule has 5 nitrogen and oxygen atoms in total. The summed E-state index contributed by atoms with van der Waals surface area (Å²) in [6.45, 7) is 6.48. The molecule has 30 heavy (non-hydrogen) atoms. The van der Waals surface area contributed by atoms with Gasteiger partial charge in [-0.25, -0.2) is 4.98 Å². The lowest BCUT2D eigenvalue weighted by Gasteiger charge is -2.20. The molecule has 0 saturated heterocycles. The molecule has 152 valence electrons. The Labute approximate surface area is 180 Å². The molecule has 4 aromatic rings. The normalized spacial score (nSPS) is 10.9. The number of anilines is 1. The summed E-state index contributed by atoms with van der Waals surface area (Å²) in [6.07, 6.45) is 3.49. The highest BCUT2D eigenvalue weighted by molar-refractivity contribution is 7.22. The van der Waals surface area contributed by atoms with Gasteiger partial charge in [0.25, 0.3) is 5.91 Å². The van der Waals surface area contributed by atoms with Gasteiger partial charge in [0.1, 0.15) is 5.75 Å². The molecule has 0 spiro atoms. The maximum absolute atomic E-state index is 13.2. The zero-order valence-corrected chi connectivity index (χ0v) is 18.1. The number of aryl methyl sites for hydroxylation is 3. The number of fused-ring (bicyclic) bond motifs is 1. The van der Waals surface area contributed by atoms with Gasteiger partial charge in [0, 0.05) is 12.4 Å². The molecule has 1 amide bonds. The fourth-order valence-corrected chi connectivity index (χ4v) is 4.21. The van der Waals surface area contributed by atoms with E-state index in [4.69, 9.17) is 9.72 Å². The van der Waals surface area contributed by atoms with E-state index in [0.29, 0.717) is 17.4 Å². The summed E-state index contributed by atoms with van der Waals surface area (Å²) in [5.74, 6) is 0.535. The minimum absolute atomic E-state index is 0.0578. The van der Waals surface area contributed by atoms with E-state index in [2.05, 4.69) is 31.0 Å². The largest absolute Gasteiger partial charge is 0.484 e. The predicted octanol–water partition coefficient (Wildman–Crippen LogP) is 5.23. The topological polar surface area (TPSA) is 55.3 Å². The van der Waals surface area contributed by atoms with Gasteiger partial charge < -0.3 is 4.74 Å². The van der Waals surface area contributed by atoms with Gasteiger partial charge in [0.05, 0.1) is 16.8 Å². The van der Waals surface area contributed by atoms with Crippen molar-refractivity contribution in [3.8, 4) is 5.75 Å². The van der Waals surface area contributed by atoms with Crippen molar-refractivity contribution < 1.29 is 9.53 Å². The molecular formula is C24H23N3O2S. The summed E-state index contributed by atoms with van der Waals surface area (Å²) in [6, 6.07) is 15.7. The van der Waals surface area contributed by atoms with Gasteiger partial charge in [0.2, 0.25) is 0 Å². The van der Waals surface area contributed by atoms with Crippen LogP contribution >= 0.6 is 11.3 Å². The van der Waals surface area contributed by atoms with Gasteiger partial charge in [-0.05, 0) is 73.4 Å². The molecule has 2 aromatic carbocycles. The third kappa shape index (κ3) is 4.49. The van der Waals surface area contributed by atoms with Gasteiger partial charge in [-0.1, -0.05) is 29.5 Å². The molecule has 2 aromatic heterocycles. The quantitative estimate of drug-likeness (QED) is 0.431. The second-order valence-electron chi connectivity index (χ2n) is 7.35. The van der Waals surface area contributed by atoms with Crippen molar-refractivity contribution in [2.24, 2.45) is 0 Å². The average molecular weight is 418 g/mol. The molecule has 2 heterocycles. The van der Waals surface area contributed by atoms with Crippen LogP contribution in [0.3, 0.4) is 0 Å². The van der Waals surface area contributed by atoms with E-state index in [1.165, 1.54) is 22.5 Å². The van der Waals surface area contributed by atoms with Crippen LogP contribution in [0.1, 0.15) is 22.3 Å². The molecule has 0 unspecified atom stereocenters. The molecular weight excluding hydrogens is 394 g/mol. The van der Waals surface area contributed by atoms with E-state index in [1.807, 2.05) is 43.3 Å². The Bertz CT molecular complexity index is 1150. The van der Waals surface area contributed by atoms with E-state index >= 15 is 0 Å². The SMILES string of the molecule is Cc1cccc(OCC(=O)N(Cc2cccnc2)c2nc3cc(C)c(C)cc3s2)c1. The number of hydrogen-bond acceptors (Lipinski definition) is 5. The van der Waals surface area contributed by atoms with Crippen LogP contribution < -0.4 is 9.64 Å². The minimum atomic E-state index is -0.146. The molecule has 0 aliphatic heterocycles. The zero-order valence-electron chi connectivity index (χ0n) is 17.3. The maximum Gasteiger partial charge on any atom is 0.267 e. The Hall–Kier alpha value is -3.25. The number of nitrogens with zero attached hydrogens (tertiary/aromatic N) is 3. The van der Waals surface area contributed by atoms with Gasteiger partial charge in [-0.3, -0.25) is 14.7 Å². The molecule has 0 saturated carbocycles. The first kappa shape index (κ1) is 20.0. The van der Waals surface area contributed by atoms with Crippen LogP contribution in [0.2, 0.25) is 0 Å². The number of pyridine rings is 1. The lowest BCUT2D eigenvalue weighted by Crippen LogP contribution is -2.34. The molecule has 0 radical (unpaired) electrons. The summed E-state index contributed by atoms with van der Waals surface area (Å²) >= 11 is 1.52. The average Bonchev–Trinajstić information content (AvgIpc) is 3.13. The van der Waals surface area contributed by atoms with Crippen LogP contribution in [0.15, 0.2) is 60.9 Å². The summed E-state index contributed by atoms with van der Waals surface area (Å²) in [5.41, 5.74) is 5.33. The maximum atomic E-state index is 13.2. The Balaban J connectivity index is 1.63. The summed E-state index contributed by atoms with van der Waals surface area (Å²) in [4.78, 5) is 23.8. The number of ether oxygens (including phenoxy) is 1. The third-order valence-corrected chi connectivity index (χ3v) is 5.98. The second kappa shape index (κ2) is 8.63. The lowest BCUT2D eigenvalue weighted by atomic mass is 10.1. The van der Waals surface area contributed by atoms with Crippen LogP contribution in [0.5, 0.6) is 5.75 Å². The van der Waals surface area contributed by atoms with Gasteiger partial charge in [0.15, 0.2) is 11.7 Å². The number of rotatable bonds is 6. The number of amides is 1. The number of aromatic nitrogens is 2. The molecule has 0 aliphatic carbocycles. The smallest absolute Gasteiger partial charge is 0.267 e. The highest BCUT2D eigenvalue weighted by atomic mass is 32.1. The summed E-state index contributed by atoms with van der Waals surface area (Å²) in [5, 5.41) is 0.664. The first-order valence-electron chi connectivity index (χ1n) is 9.76. The molecule has 0 fully saturated rings. The van der Waals surface area contributed by atoms with E-state index in [1.54, 1.807) is 17.3 Å². The molecule has 0 aliphatic rings. The third-order valence-electron chi connectivity index (χ3n) is 4.94. The number of thiazole rings is 1. The van der Waals surface area contributed by atoms with E-state index in [-0.39, 0.29) is 12.5 Å². The standard InChI is InChI=1S/C24H23N3O2S/c1-16-6-4-8-20(10-16)29-15-23(28)27(14-19-7-5-9-25-13-19)24-26-21-11-17(2)18(3)12-22(21)30-24/h4-13H,14-15H2,1-3H3. The Kier molecular flexibility index (Phi) is 5.77. The second-order valence-corrected chi connectivity index (χ2v) is 8.36. The van der Waals surface area contributed by atoms with Crippen molar-refractivity contribution in [1.82, 2.24) is 9.97 Å². The van der Waals surface area contributed by atoms with Crippen LogP contribution in [0.4, 0.5) is 5.13 Å². The predicted molar refractivity (Wildman–Crippen MR) is 121 cm³/mol. The minimum Gasteiger partial charge on any atom is -0.484 e. The first-order chi connectivity index (χ1) is 14.5. The Morgan fingerprint density at radius 2 is 1.90 bits per heavy atom. The van der Waals surface area contributed by atoms with Crippen LogP contribution in [0.25, 0.3) is 10.2 Å². The van der Waals surface area contributed by atoms with Gasteiger partial charge in [-0.15, -0.1) is 0 Å². The molecule has 0 bridgehead atoms.